The zero-order valence-corrected chi connectivity index (χ0v) is 15.9. The van der Waals surface area contributed by atoms with Gasteiger partial charge in [0.2, 0.25) is 0 Å². The van der Waals surface area contributed by atoms with Gasteiger partial charge in [-0.1, -0.05) is 30.1 Å². The SMILES string of the molecule is CCC1CCCN1S(=O)(=O)C1=NC(C)NN1c1ccc(Cl)c(Cl)c1. The van der Waals surface area contributed by atoms with E-state index in [2.05, 4.69) is 10.4 Å². The van der Waals surface area contributed by atoms with E-state index in [1.54, 1.807) is 29.4 Å². The van der Waals surface area contributed by atoms with Gasteiger partial charge in [0.1, 0.15) is 6.17 Å². The van der Waals surface area contributed by atoms with Crippen LogP contribution < -0.4 is 10.4 Å². The maximum absolute atomic E-state index is 13.1. The van der Waals surface area contributed by atoms with Crippen molar-refractivity contribution in [3.05, 3.63) is 28.2 Å². The molecular weight excluding hydrogens is 371 g/mol. The van der Waals surface area contributed by atoms with Crippen LogP contribution >= 0.6 is 23.2 Å². The Labute approximate surface area is 152 Å². The molecule has 0 aromatic heterocycles. The van der Waals surface area contributed by atoms with E-state index in [-0.39, 0.29) is 17.4 Å². The molecule has 0 bridgehead atoms. The molecule has 9 heteroatoms. The van der Waals surface area contributed by atoms with Gasteiger partial charge in [-0.25, -0.2) is 23.8 Å². The Kier molecular flexibility index (Phi) is 5.09. The summed E-state index contributed by atoms with van der Waals surface area (Å²) in [5.41, 5.74) is 3.64. The Morgan fingerprint density at radius 3 is 2.75 bits per heavy atom. The van der Waals surface area contributed by atoms with Crippen LogP contribution in [-0.2, 0) is 10.0 Å². The number of sulfonamides is 1. The van der Waals surface area contributed by atoms with E-state index in [4.69, 9.17) is 23.2 Å². The lowest BCUT2D eigenvalue weighted by Crippen LogP contribution is -2.48. The van der Waals surface area contributed by atoms with Gasteiger partial charge >= 0.3 is 0 Å². The van der Waals surface area contributed by atoms with Crippen LogP contribution in [0.2, 0.25) is 10.0 Å². The van der Waals surface area contributed by atoms with Crippen LogP contribution in [0.4, 0.5) is 5.69 Å². The molecule has 1 N–H and O–H groups in total. The van der Waals surface area contributed by atoms with Crippen LogP contribution in [0.1, 0.15) is 33.1 Å². The van der Waals surface area contributed by atoms with E-state index in [0.29, 0.717) is 22.3 Å². The minimum atomic E-state index is -3.68. The first kappa shape index (κ1) is 17.9. The van der Waals surface area contributed by atoms with Crippen LogP contribution in [0.5, 0.6) is 0 Å². The number of rotatable bonds is 3. The number of nitrogens with one attached hydrogen (secondary N) is 1. The fraction of sp³-hybridized carbons (Fsp3) is 0.533. The summed E-state index contributed by atoms with van der Waals surface area (Å²) >= 11 is 12.0. The number of hydrazine groups is 1. The first-order valence-corrected chi connectivity index (χ1v) is 10.1. The average Bonchev–Trinajstić information content (AvgIpc) is 3.16. The summed E-state index contributed by atoms with van der Waals surface area (Å²) in [5, 5.41) is 2.26. The first-order chi connectivity index (χ1) is 11.3. The van der Waals surface area contributed by atoms with Crippen LogP contribution in [0.15, 0.2) is 23.2 Å². The molecule has 2 unspecified atom stereocenters. The monoisotopic (exact) mass is 390 g/mol. The lowest BCUT2D eigenvalue weighted by Gasteiger charge is -2.27. The van der Waals surface area contributed by atoms with Gasteiger partial charge in [-0.2, -0.15) is 4.31 Å². The van der Waals surface area contributed by atoms with Gasteiger partial charge in [0.15, 0.2) is 0 Å². The maximum atomic E-state index is 13.1. The minimum Gasteiger partial charge on any atom is -0.247 e. The highest BCUT2D eigenvalue weighted by Crippen LogP contribution is 2.31. The van der Waals surface area contributed by atoms with E-state index < -0.39 is 10.0 Å². The molecule has 6 nitrogen and oxygen atoms in total. The number of aliphatic imine (C=N–C) groups is 1. The molecule has 0 amide bonds. The van der Waals surface area contributed by atoms with Crippen LogP contribution in [-0.4, -0.2) is 36.6 Å². The number of benzene rings is 1. The first-order valence-electron chi connectivity index (χ1n) is 7.95. The topological polar surface area (TPSA) is 65.0 Å². The Bertz CT molecular complexity index is 769. The van der Waals surface area contributed by atoms with Crippen molar-refractivity contribution in [3.8, 4) is 0 Å². The smallest absolute Gasteiger partial charge is 0.247 e. The van der Waals surface area contributed by atoms with Crippen LogP contribution in [0.25, 0.3) is 0 Å². The summed E-state index contributed by atoms with van der Waals surface area (Å²) < 4.78 is 27.8. The number of amidine groups is 1. The minimum absolute atomic E-state index is 0.00809. The molecule has 0 spiro atoms. The van der Waals surface area contributed by atoms with Gasteiger partial charge in [0.05, 0.1) is 15.7 Å². The van der Waals surface area contributed by atoms with Gasteiger partial charge in [-0.3, -0.25) is 0 Å². The highest BCUT2D eigenvalue weighted by Gasteiger charge is 2.42. The Morgan fingerprint density at radius 1 is 1.33 bits per heavy atom. The summed E-state index contributed by atoms with van der Waals surface area (Å²) in [6.45, 7) is 4.34. The Morgan fingerprint density at radius 2 is 2.08 bits per heavy atom. The van der Waals surface area contributed by atoms with Crippen molar-refractivity contribution in [2.45, 2.75) is 45.3 Å². The standard InChI is InChI=1S/C15H20Cl2N4O2S/c1-3-11-5-4-8-20(11)24(22,23)15-18-10(2)19-21(15)12-6-7-13(16)14(17)9-12/h6-7,9-11,19H,3-5,8H2,1-2H3. The maximum Gasteiger partial charge on any atom is 0.278 e. The second kappa shape index (κ2) is 6.80. The zero-order valence-electron chi connectivity index (χ0n) is 13.5. The molecule has 24 heavy (non-hydrogen) atoms. The fourth-order valence-electron chi connectivity index (χ4n) is 3.12. The second-order valence-corrected chi connectivity index (χ2v) is 8.57. The molecule has 3 rings (SSSR count). The number of hydrogen-bond donors (Lipinski definition) is 1. The molecule has 1 aromatic carbocycles. The van der Waals surface area contributed by atoms with Gasteiger partial charge in [0, 0.05) is 12.6 Å². The summed E-state index contributed by atoms with van der Waals surface area (Å²) in [5.74, 6) is 0. The molecule has 1 fully saturated rings. The predicted octanol–water partition coefficient (Wildman–Crippen LogP) is 3.22. The number of anilines is 1. The lowest BCUT2D eigenvalue weighted by molar-refractivity contribution is 0.386. The largest absolute Gasteiger partial charge is 0.278 e. The number of hydrogen-bond acceptors (Lipinski definition) is 5. The van der Waals surface area contributed by atoms with Crippen molar-refractivity contribution in [1.29, 1.82) is 0 Å². The molecule has 2 aliphatic heterocycles. The molecule has 2 heterocycles. The third kappa shape index (κ3) is 3.15. The molecule has 2 atom stereocenters. The van der Waals surface area contributed by atoms with E-state index in [0.717, 1.165) is 19.3 Å². The molecule has 0 aliphatic carbocycles. The third-order valence-electron chi connectivity index (χ3n) is 4.31. The van der Waals surface area contributed by atoms with Gasteiger partial charge in [-0.15, -0.1) is 0 Å². The quantitative estimate of drug-likeness (QED) is 0.859. The predicted molar refractivity (Wildman–Crippen MR) is 97.9 cm³/mol. The van der Waals surface area contributed by atoms with Crippen molar-refractivity contribution in [1.82, 2.24) is 9.73 Å². The molecule has 2 aliphatic rings. The van der Waals surface area contributed by atoms with E-state index in [1.807, 2.05) is 6.92 Å². The normalized spacial score (nSPS) is 25.3. The Hall–Kier alpha value is -0.860. The summed E-state index contributed by atoms with van der Waals surface area (Å²) in [7, 11) is -3.68. The van der Waals surface area contributed by atoms with E-state index in [1.165, 1.54) is 5.01 Å². The van der Waals surface area contributed by atoms with Gasteiger partial charge < -0.3 is 0 Å². The van der Waals surface area contributed by atoms with Gasteiger partial charge in [-0.05, 0) is 44.4 Å². The molecule has 132 valence electrons. The molecular formula is C15H20Cl2N4O2S. The molecule has 0 saturated carbocycles. The second-order valence-electron chi connectivity index (χ2n) is 5.97. The van der Waals surface area contributed by atoms with Crippen LogP contribution in [0, 0.1) is 0 Å². The van der Waals surface area contributed by atoms with E-state index >= 15 is 0 Å². The number of nitrogens with zero attached hydrogens (tertiary/aromatic N) is 3. The van der Waals surface area contributed by atoms with Gasteiger partial charge in [0.25, 0.3) is 15.2 Å². The highest BCUT2D eigenvalue weighted by atomic mass is 35.5. The Balaban J connectivity index is 1.98. The average molecular weight is 391 g/mol. The summed E-state index contributed by atoms with van der Waals surface area (Å²) in [4.78, 5) is 4.31. The van der Waals surface area contributed by atoms with Crippen molar-refractivity contribution in [2.75, 3.05) is 11.6 Å². The van der Waals surface area contributed by atoms with E-state index in [9.17, 15) is 8.42 Å². The van der Waals surface area contributed by atoms with Crippen LogP contribution in [0.3, 0.4) is 0 Å². The summed E-state index contributed by atoms with van der Waals surface area (Å²) in [6.07, 6.45) is 2.22. The van der Waals surface area contributed by atoms with Crippen molar-refractivity contribution in [3.63, 3.8) is 0 Å². The van der Waals surface area contributed by atoms with Crippen molar-refractivity contribution in [2.24, 2.45) is 4.99 Å². The molecule has 1 aromatic rings. The zero-order chi connectivity index (χ0) is 17.5. The number of halogens is 2. The lowest BCUT2D eigenvalue weighted by atomic mass is 10.2. The third-order valence-corrected chi connectivity index (χ3v) is 6.89. The molecule has 0 radical (unpaired) electrons. The van der Waals surface area contributed by atoms with Crippen molar-refractivity contribution < 1.29 is 8.42 Å². The van der Waals surface area contributed by atoms with Crippen molar-refractivity contribution >= 4 is 44.1 Å². The summed E-state index contributed by atoms with van der Waals surface area (Å²) in [6, 6.07) is 5.01. The molecule has 1 saturated heterocycles. The fourth-order valence-corrected chi connectivity index (χ4v) is 5.32. The highest BCUT2D eigenvalue weighted by molar-refractivity contribution is 8.04.